The highest BCUT2D eigenvalue weighted by Crippen LogP contribution is 2.32. The summed E-state index contributed by atoms with van der Waals surface area (Å²) in [6.07, 6.45) is 5.25. The lowest BCUT2D eigenvalue weighted by atomic mass is 9.86. The van der Waals surface area contributed by atoms with Crippen LogP contribution in [0.1, 0.15) is 56.9 Å². The van der Waals surface area contributed by atoms with E-state index in [-0.39, 0.29) is 17.3 Å². The maximum absolute atomic E-state index is 12.1. The largest absolute Gasteiger partial charge is 0.469 e. The van der Waals surface area contributed by atoms with E-state index < -0.39 is 0 Å². The van der Waals surface area contributed by atoms with E-state index in [1.54, 1.807) is 0 Å². The topological polar surface area (TPSA) is 64.4 Å². The third-order valence-corrected chi connectivity index (χ3v) is 5.45. The van der Waals surface area contributed by atoms with Crippen molar-refractivity contribution in [2.75, 3.05) is 13.7 Å². The van der Waals surface area contributed by atoms with E-state index >= 15 is 0 Å². The molecule has 28 heavy (non-hydrogen) atoms. The van der Waals surface area contributed by atoms with Crippen molar-refractivity contribution in [2.24, 2.45) is 11.3 Å². The smallest absolute Gasteiger partial charge is 0.309 e. The van der Waals surface area contributed by atoms with Gasteiger partial charge in [0.2, 0.25) is 0 Å². The van der Waals surface area contributed by atoms with Crippen LogP contribution in [0.3, 0.4) is 0 Å². The first kappa shape index (κ1) is 20.6. The number of fused-ring (bicyclic) bond motifs is 1. The third kappa shape index (κ3) is 5.22. The predicted molar refractivity (Wildman–Crippen MR) is 110 cm³/mol. The standard InChI is InChI=1S/C23H32N2O3/c1-23(2,3)12-11-17(22(26)27-4)14-24-15-18-13-21(25-28-18)20-10-6-8-16-7-5-9-19(16)20/h6,8,10,13,17,24H,5,7,9,11-12,14-15H2,1-4H3. The van der Waals surface area contributed by atoms with Crippen molar-refractivity contribution in [1.29, 1.82) is 0 Å². The minimum Gasteiger partial charge on any atom is -0.469 e. The van der Waals surface area contributed by atoms with E-state index in [1.807, 2.05) is 6.07 Å². The highest BCUT2D eigenvalue weighted by atomic mass is 16.5. The maximum Gasteiger partial charge on any atom is 0.309 e. The zero-order chi connectivity index (χ0) is 20.1. The molecular formula is C23H32N2O3. The molecule has 1 aliphatic carbocycles. The zero-order valence-electron chi connectivity index (χ0n) is 17.5. The van der Waals surface area contributed by atoms with Crippen molar-refractivity contribution in [3.63, 3.8) is 0 Å². The van der Waals surface area contributed by atoms with E-state index in [1.165, 1.54) is 30.2 Å². The molecule has 1 unspecified atom stereocenters. The van der Waals surface area contributed by atoms with Crippen LogP contribution in [0.2, 0.25) is 0 Å². The molecule has 0 fully saturated rings. The summed E-state index contributed by atoms with van der Waals surface area (Å²) in [7, 11) is 1.45. The average Bonchev–Trinajstić information content (AvgIpc) is 3.32. The second-order valence-corrected chi connectivity index (χ2v) is 8.93. The lowest BCUT2D eigenvalue weighted by Crippen LogP contribution is -2.30. The van der Waals surface area contributed by atoms with E-state index in [9.17, 15) is 4.79 Å². The fraction of sp³-hybridized carbons (Fsp3) is 0.565. The Bertz CT molecular complexity index is 804. The van der Waals surface area contributed by atoms with Gasteiger partial charge in [0.1, 0.15) is 5.69 Å². The van der Waals surface area contributed by atoms with Gasteiger partial charge < -0.3 is 14.6 Å². The lowest BCUT2D eigenvalue weighted by molar-refractivity contribution is -0.145. The van der Waals surface area contributed by atoms with Gasteiger partial charge in [-0.05, 0) is 48.6 Å². The van der Waals surface area contributed by atoms with Crippen LogP contribution in [0, 0.1) is 11.3 Å². The molecule has 1 aromatic heterocycles. The molecule has 0 spiro atoms. The third-order valence-electron chi connectivity index (χ3n) is 5.45. The van der Waals surface area contributed by atoms with Crippen molar-refractivity contribution in [2.45, 2.75) is 59.4 Å². The Morgan fingerprint density at radius 2 is 2.14 bits per heavy atom. The number of nitrogens with one attached hydrogen (secondary N) is 1. The number of aryl methyl sites for hydroxylation is 1. The van der Waals surface area contributed by atoms with Gasteiger partial charge in [0.15, 0.2) is 5.76 Å². The fourth-order valence-electron chi connectivity index (χ4n) is 3.83. The molecule has 0 aliphatic heterocycles. The first-order valence-corrected chi connectivity index (χ1v) is 10.2. The van der Waals surface area contributed by atoms with Crippen LogP contribution in [-0.4, -0.2) is 24.8 Å². The SMILES string of the molecule is COC(=O)C(CCC(C)(C)C)CNCc1cc(-c2cccc3c2CCC3)no1. The van der Waals surface area contributed by atoms with Crippen LogP contribution in [0.5, 0.6) is 0 Å². The molecule has 152 valence electrons. The number of hydrogen-bond acceptors (Lipinski definition) is 5. The summed E-state index contributed by atoms with van der Waals surface area (Å²) in [5, 5.41) is 7.61. The molecule has 5 nitrogen and oxygen atoms in total. The second kappa shape index (κ2) is 8.91. The number of hydrogen-bond donors (Lipinski definition) is 1. The summed E-state index contributed by atoms with van der Waals surface area (Å²) < 4.78 is 10.5. The first-order chi connectivity index (χ1) is 13.4. The van der Waals surface area contributed by atoms with Gasteiger partial charge in [0.25, 0.3) is 0 Å². The van der Waals surface area contributed by atoms with Gasteiger partial charge in [0.05, 0.1) is 19.6 Å². The van der Waals surface area contributed by atoms with E-state index in [0.29, 0.717) is 13.1 Å². The van der Waals surface area contributed by atoms with E-state index in [4.69, 9.17) is 9.26 Å². The number of carbonyl (C=O) groups is 1. The van der Waals surface area contributed by atoms with Gasteiger partial charge in [-0.2, -0.15) is 0 Å². The lowest BCUT2D eigenvalue weighted by Gasteiger charge is -2.22. The van der Waals surface area contributed by atoms with E-state index in [0.717, 1.165) is 37.1 Å². The monoisotopic (exact) mass is 384 g/mol. The van der Waals surface area contributed by atoms with E-state index in [2.05, 4.69) is 49.4 Å². The molecule has 2 aromatic rings. The Labute approximate surface area is 167 Å². The van der Waals surface area contributed by atoms with Gasteiger partial charge in [-0.1, -0.05) is 44.1 Å². The van der Waals surface area contributed by atoms with Crippen molar-refractivity contribution < 1.29 is 14.1 Å². The molecule has 0 amide bonds. The fourth-order valence-corrected chi connectivity index (χ4v) is 3.83. The molecule has 1 aromatic carbocycles. The molecule has 0 bridgehead atoms. The summed E-state index contributed by atoms with van der Waals surface area (Å²) in [5.74, 6) is 0.476. The Morgan fingerprint density at radius 3 is 2.89 bits per heavy atom. The Kier molecular flexibility index (Phi) is 6.55. The van der Waals surface area contributed by atoms with Gasteiger partial charge in [-0.15, -0.1) is 0 Å². The van der Waals surface area contributed by atoms with Crippen LogP contribution in [-0.2, 0) is 28.9 Å². The summed E-state index contributed by atoms with van der Waals surface area (Å²) in [4.78, 5) is 12.1. The minimum absolute atomic E-state index is 0.149. The van der Waals surface area contributed by atoms with Crippen LogP contribution in [0.15, 0.2) is 28.8 Å². The summed E-state index contributed by atoms with van der Waals surface area (Å²) in [6.45, 7) is 7.67. The van der Waals surface area contributed by atoms with Crippen LogP contribution in [0.25, 0.3) is 11.3 Å². The van der Waals surface area contributed by atoms with Crippen molar-refractivity contribution >= 4 is 5.97 Å². The molecule has 0 saturated heterocycles. The normalized spacial score (nSPS) is 14.7. The van der Waals surface area contributed by atoms with Crippen LogP contribution < -0.4 is 5.32 Å². The van der Waals surface area contributed by atoms with Gasteiger partial charge in [0, 0.05) is 18.2 Å². The molecule has 1 heterocycles. The summed E-state index contributed by atoms with van der Waals surface area (Å²) in [5.41, 5.74) is 5.11. The molecule has 1 aliphatic rings. The summed E-state index contributed by atoms with van der Waals surface area (Å²) in [6, 6.07) is 8.43. The maximum atomic E-state index is 12.1. The predicted octanol–water partition coefficient (Wildman–Crippen LogP) is 4.54. The number of methoxy groups -OCH3 is 1. The number of rotatable bonds is 8. The Morgan fingerprint density at radius 1 is 1.32 bits per heavy atom. The molecular weight excluding hydrogens is 352 g/mol. The number of benzene rings is 1. The number of nitrogens with zero attached hydrogens (tertiary/aromatic N) is 1. The van der Waals surface area contributed by atoms with Crippen molar-refractivity contribution in [1.82, 2.24) is 10.5 Å². The highest BCUT2D eigenvalue weighted by molar-refractivity contribution is 5.72. The molecule has 5 heteroatoms. The summed E-state index contributed by atoms with van der Waals surface area (Å²) >= 11 is 0. The number of esters is 1. The highest BCUT2D eigenvalue weighted by Gasteiger charge is 2.22. The second-order valence-electron chi connectivity index (χ2n) is 8.93. The van der Waals surface area contributed by atoms with Gasteiger partial charge >= 0.3 is 5.97 Å². The Balaban J connectivity index is 1.58. The molecule has 0 saturated carbocycles. The molecule has 1 N–H and O–H groups in total. The first-order valence-electron chi connectivity index (χ1n) is 10.2. The quantitative estimate of drug-likeness (QED) is 0.677. The molecule has 0 radical (unpaired) electrons. The number of aromatic nitrogens is 1. The average molecular weight is 385 g/mol. The van der Waals surface area contributed by atoms with Gasteiger partial charge in [-0.25, -0.2) is 0 Å². The van der Waals surface area contributed by atoms with Crippen LogP contribution >= 0.6 is 0 Å². The number of ether oxygens (including phenoxy) is 1. The van der Waals surface area contributed by atoms with Crippen molar-refractivity contribution in [3.05, 3.63) is 41.2 Å². The zero-order valence-corrected chi connectivity index (χ0v) is 17.5. The minimum atomic E-state index is -0.158. The van der Waals surface area contributed by atoms with Gasteiger partial charge in [-0.3, -0.25) is 4.79 Å². The molecule has 1 atom stereocenters. The Hall–Kier alpha value is -2.14. The van der Waals surface area contributed by atoms with Crippen molar-refractivity contribution in [3.8, 4) is 11.3 Å². The van der Waals surface area contributed by atoms with Crippen LogP contribution in [0.4, 0.5) is 0 Å². The number of carbonyl (C=O) groups excluding carboxylic acids is 1. The molecule has 3 rings (SSSR count).